The Labute approximate surface area is 98.3 Å². The van der Waals surface area contributed by atoms with E-state index in [2.05, 4.69) is 4.98 Å². The molecule has 0 atom stereocenters. The molecule has 0 radical (unpaired) electrons. The molecular weight excluding hydrogens is 220 g/mol. The second-order valence-corrected chi connectivity index (χ2v) is 5.50. The summed E-state index contributed by atoms with van der Waals surface area (Å²) >= 11 is 1.69. The van der Waals surface area contributed by atoms with Crippen LogP contribution in [0.2, 0.25) is 0 Å². The normalized spacial score (nSPS) is 18.0. The highest BCUT2D eigenvalue weighted by atomic mass is 32.1. The lowest BCUT2D eigenvalue weighted by Crippen LogP contribution is -2.23. The van der Waals surface area contributed by atoms with E-state index in [9.17, 15) is 5.21 Å². The molecule has 0 saturated heterocycles. The first-order valence-electron chi connectivity index (χ1n) is 5.82. The Balaban J connectivity index is 1.97. The second-order valence-electron chi connectivity index (χ2n) is 4.44. The Morgan fingerprint density at radius 1 is 1.31 bits per heavy atom. The van der Waals surface area contributed by atoms with Gasteiger partial charge in [0.1, 0.15) is 4.70 Å². The summed E-state index contributed by atoms with van der Waals surface area (Å²) in [4.78, 5) is 4.64. The van der Waals surface area contributed by atoms with Gasteiger partial charge >= 0.3 is 0 Å². The number of rotatable bonds is 1. The summed E-state index contributed by atoms with van der Waals surface area (Å²) in [6, 6.07) is 1.81. The van der Waals surface area contributed by atoms with Crippen LogP contribution in [-0.4, -0.2) is 4.98 Å². The molecule has 2 heterocycles. The molecule has 84 valence electrons. The van der Waals surface area contributed by atoms with Gasteiger partial charge in [-0.2, -0.15) is 4.73 Å². The molecule has 0 bridgehead atoms. The number of hydrogen-bond donors (Lipinski definition) is 0. The smallest absolute Gasteiger partial charge is 0.199 e. The van der Waals surface area contributed by atoms with E-state index in [0.29, 0.717) is 5.92 Å². The standard InChI is InChI=1S/C12H14N2OS/c15-14-7-6-10-11(8-14)16-12(13-10)9-4-2-1-3-5-9/h6-9H,1-5H2. The average molecular weight is 234 g/mol. The van der Waals surface area contributed by atoms with E-state index in [1.54, 1.807) is 17.5 Å². The minimum atomic E-state index is 0.631. The maximum atomic E-state index is 11.2. The summed E-state index contributed by atoms with van der Waals surface area (Å²) in [7, 11) is 0. The first-order chi connectivity index (χ1) is 7.83. The Bertz CT molecular complexity index is 503. The van der Waals surface area contributed by atoms with Crippen LogP contribution in [0.1, 0.15) is 43.0 Å². The van der Waals surface area contributed by atoms with Gasteiger partial charge in [-0.1, -0.05) is 19.3 Å². The van der Waals surface area contributed by atoms with Crippen LogP contribution in [0.5, 0.6) is 0 Å². The van der Waals surface area contributed by atoms with E-state index in [1.807, 2.05) is 6.07 Å². The Morgan fingerprint density at radius 2 is 2.12 bits per heavy atom. The van der Waals surface area contributed by atoms with E-state index in [-0.39, 0.29) is 0 Å². The van der Waals surface area contributed by atoms with Gasteiger partial charge in [0.05, 0.1) is 10.5 Å². The SMILES string of the molecule is [O-][n+]1ccc2nc(C3CCCCC3)sc2c1. The summed E-state index contributed by atoms with van der Waals surface area (Å²) in [5, 5.41) is 12.4. The monoisotopic (exact) mass is 234 g/mol. The second kappa shape index (κ2) is 4.01. The molecule has 1 saturated carbocycles. The molecular formula is C12H14N2OS. The van der Waals surface area contributed by atoms with E-state index >= 15 is 0 Å². The molecule has 16 heavy (non-hydrogen) atoms. The zero-order valence-electron chi connectivity index (χ0n) is 9.06. The minimum absolute atomic E-state index is 0.631. The van der Waals surface area contributed by atoms with E-state index in [4.69, 9.17) is 0 Å². The molecule has 3 nitrogen and oxygen atoms in total. The predicted octanol–water partition coefficient (Wildman–Crippen LogP) is 2.98. The fourth-order valence-corrected chi connectivity index (χ4v) is 3.55. The average Bonchev–Trinajstić information content (AvgIpc) is 2.73. The molecule has 2 aromatic rings. The van der Waals surface area contributed by atoms with E-state index < -0.39 is 0 Å². The number of pyridine rings is 1. The van der Waals surface area contributed by atoms with Crippen LogP contribution in [-0.2, 0) is 0 Å². The van der Waals surface area contributed by atoms with Crippen molar-refractivity contribution in [2.24, 2.45) is 0 Å². The molecule has 1 aliphatic carbocycles. The van der Waals surface area contributed by atoms with Crippen molar-refractivity contribution in [2.75, 3.05) is 0 Å². The fraction of sp³-hybridized carbons (Fsp3) is 0.500. The van der Waals surface area contributed by atoms with Gasteiger partial charge in [0.15, 0.2) is 12.4 Å². The van der Waals surface area contributed by atoms with Crippen LogP contribution in [0.15, 0.2) is 18.5 Å². The quantitative estimate of drug-likeness (QED) is 0.562. The number of aromatic nitrogens is 2. The van der Waals surface area contributed by atoms with Crippen LogP contribution < -0.4 is 4.73 Å². The van der Waals surface area contributed by atoms with Crippen molar-refractivity contribution < 1.29 is 4.73 Å². The molecule has 0 aliphatic heterocycles. The van der Waals surface area contributed by atoms with Crippen LogP contribution in [0, 0.1) is 5.21 Å². The van der Waals surface area contributed by atoms with Gasteiger partial charge < -0.3 is 5.21 Å². The van der Waals surface area contributed by atoms with Gasteiger partial charge in [-0.25, -0.2) is 4.98 Å². The maximum absolute atomic E-state index is 11.2. The van der Waals surface area contributed by atoms with E-state index in [1.165, 1.54) is 43.3 Å². The third-order valence-electron chi connectivity index (χ3n) is 3.28. The third-order valence-corrected chi connectivity index (χ3v) is 4.44. The largest absolute Gasteiger partial charge is 0.619 e. The summed E-state index contributed by atoms with van der Waals surface area (Å²) < 4.78 is 1.86. The lowest BCUT2D eigenvalue weighted by atomic mass is 9.90. The van der Waals surface area contributed by atoms with Crippen LogP contribution in [0.4, 0.5) is 0 Å². The fourth-order valence-electron chi connectivity index (χ4n) is 2.40. The van der Waals surface area contributed by atoms with Gasteiger partial charge in [0, 0.05) is 12.0 Å². The zero-order valence-corrected chi connectivity index (χ0v) is 9.87. The number of nitrogens with zero attached hydrogens (tertiary/aromatic N) is 2. The predicted molar refractivity (Wildman–Crippen MR) is 64.4 cm³/mol. The molecule has 0 unspecified atom stereocenters. The van der Waals surface area contributed by atoms with Crippen molar-refractivity contribution >= 4 is 21.6 Å². The van der Waals surface area contributed by atoms with Gasteiger partial charge in [0.25, 0.3) is 0 Å². The first-order valence-corrected chi connectivity index (χ1v) is 6.64. The van der Waals surface area contributed by atoms with Crippen molar-refractivity contribution in [3.8, 4) is 0 Å². The Morgan fingerprint density at radius 3 is 2.94 bits per heavy atom. The minimum Gasteiger partial charge on any atom is -0.619 e. The highest BCUT2D eigenvalue weighted by Gasteiger charge is 2.19. The Hall–Kier alpha value is -1.16. The lowest BCUT2D eigenvalue weighted by Gasteiger charge is -2.18. The summed E-state index contributed by atoms with van der Waals surface area (Å²) in [5.74, 6) is 0.631. The van der Waals surface area contributed by atoms with Crippen LogP contribution in [0.3, 0.4) is 0 Å². The molecule has 3 rings (SSSR count). The zero-order chi connectivity index (χ0) is 11.0. The highest BCUT2D eigenvalue weighted by molar-refractivity contribution is 7.18. The molecule has 4 heteroatoms. The van der Waals surface area contributed by atoms with Crippen molar-refractivity contribution in [1.29, 1.82) is 0 Å². The number of thiazole rings is 1. The molecule has 0 spiro atoms. The molecule has 1 aliphatic rings. The Kier molecular flexibility index (Phi) is 2.52. The number of fused-ring (bicyclic) bond motifs is 1. The highest BCUT2D eigenvalue weighted by Crippen LogP contribution is 2.36. The van der Waals surface area contributed by atoms with Crippen molar-refractivity contribution in [3.05, 3.63) is 28.7 Å². The van der Waals surface area contributed by atoms with Crippen molar-refractivity contribution in [1.82, 2.24) is 4.98 Å². The third kappa shape index (κ3) is 1.78. The van der Waals surface area contributed by atoms with Crippen LogP contribution >= 0.6 is 11.3 Å². The molecule has 0 N–H and O–H groups in total. The number of hydrogen-bond acceptors (Lipinski definition) is 3. The summed E-state index contributed by atoms with van der Waals surface area (Å²) in [5.41, 5.74) is 0.970. The molecule has 0 aromatic carbocycles. The molecule has 1 fully saturated rings. The summed E-state index contributed by atoms with van der Waals surface area (Å²) in [6.07, 6.45) is 9.67. The molecule has 2 aromatic heterocycles. The van der Waals surface area contributed by atoms with Crippen molar-refractivity contribution in [2.45, 2.75) is 38.0 Å². The van der Waals surface area contributed by atoms with Gasteiger partial charge in [-0.3, -0.25) is 0 Å². The van der Waals surface area contributed by atoms with Gasteiger partial charge in [-0.05, 0) is 12.8 Å². The van der Waals surface area contributed by atoms with Gasteiger partial charge in [-0.15, -0.1) is 11.3 Å². The lowest BCUT2D eigenvalue weighted by molar-refractivity contribution is -0.603. The first kappa shape index (κ1) is 10.0. The van der Waals surface area contributed by atoms with E-state index in [0.717, 1.165) is 14.9 Å². The van der Waals surface area contributed by atoms with Crippen LogP contribution in [0.25, 0.3) is 10.2 Å². The summed E-state index contributed by atoms with van der Waals surface area (Å²) in [6.45, 7) is 0. The topological polar surface area (TPSA) is 39.8 Å². The van der Waals surface area contributed by atoms with Crippen molar-refractivity contribution in [3.63, 3.8) is 0 Å². The van der Waals surface area contributed by atoms with Gasteiger partial charge in [0.2, 0.25) is 0 Å². The molecule has 0 amide bonds. The maximum Gasteiger partial charge on any atom is 0.199 e.